The van der Waals surface area contributed by atoms with Crippen molar-refractivity contribution in [1.82, 2.24) is 10.6 Å². The third-order valence-corrected chi connectivity index (χ3v) is 4.29. The van der Waals surface area contributed by atoms with E-state index in [1.165, 1.54) is 5.56 Å². The predicted octanol–water partition coefficient (Wildman–Crippen LogP) is 2.87. The number of benzene rings is 1. The Balaban J connectivity index is 0.00000200. The number of amides is 1. The third kappa shape index (κ3) is 4.47. The van der Waals surface area contributed by atoms with Gasteiger partial charge in [-0.15, -0.1) is 12.4 Å². The highest BCUT2D eigenvalue weighted by atomic mass is 79.9. The van der Waals surface area contributed by atoms with E-state index < -0.39 is 0 Å². The molecule has 1 amide bonds. The van der Waals surface area contributed by atoms with Gasteiger partial charge in [-0.05, 0) is 30.7 Å². The summed E-state index contributed by atoms with van der Waals surface area (Å²) in [5.41, 5.74) is 1.18. The smallest absolute Gasteiger partial charge is 0.224 e. The Morgan fingerprint density at radius 3 is 2.60 bits per heavy atom. The van der Waals surface area contributed by atoms with Crippen LogP contribution < -0.4 is 10.6 Å². The van der Waals surface area contributed by atoms with Crippen LogP contribution in [0.15, 0.2) is 28.7 Å². The van der Waals surface area contributed by atoms with Crippen LogP contribution in [0.2, 0.25) is 0 Å². The monoisotopic (exact) mass is 360 g/mol. The summed E-state index contributed by atoms with van der Waals surface area (Å²) in [5, 5.41) is 6.31. The van der Waals surface area contributed by atoms with Gasteiger partial charge in [-0.25, -0.2) is 0 Å². The average molecular weight is 362 g/mol. The van der Waals surface area contributed by atoms with Gasteiger partial charge in [0.1, 0.15) is 0 Å². The van der Waals surface area contributed by atoms with Crippen molar-refractivity contribution in [3.8, 4) is 0 Å². The van der Waals surface area contributed by atoms with E-state index in [0.717, 1.165) is 24.0 Å². The van der Waals surface area contributed by atoms with E-state index in [1.54, 1.807) is 0 Å². The quantitative estimate of drug-likeness (QED) is 0.866. The van der Waals surface area contributed by atoms with Gasteiger partial charge >= 0.3 is 0 Å². The van der Waals surface area contributed by atoms with Crippen molar-refractivity contribution >= 4 is 34.2 Å². The Morgan fingerprint density at radius 1 is 1.40 bits per heavy atom. The van der Waals surface area contributed by atoms with Crippen LogP contribution in [0.1, 0.15) is 25.8 Å². The minimum absolute atomic E-state index is 0. The van der Waals surface area contributed by atoms with Gasteiger partial charge in [-0.3, -0.25) is 4.79 Å². The second kappa shape index (κ2) is 7.43. The van der Waals surface area contributed by atoms with Crippen LogP contribution in [-0.4, -0.2) is 25.5 Å². The van der Waals surface area contributed by atoms with Crippen LogP contribution in [0.5, 0.6) is 0 Å². The zero-order chi connectivity index (χ0) is 13.9. The standard InChI is InChI=1S/C15H21BrN2O.ClH/c1-15(2,12-3-5-13(16)6-4-12)10-18-14(19)11-7-8-17-9-11;/h3-6,11,17H,7-10H2,1-2H3,(H,18,19);1H. The number of halogens is 2. The van der Waals surface area contributed by atoms with Gasteiger partial charge in [0.15, 0.2) is 0 Å². The number of carbonyl (C=O) groups excluding carboxylic acids is 1. The van der Waals surface area contributed by atoms with E-state index in [4.69, 9.17) is 0 Å². The SMILES string of the molecule is CC(C)(CNC(=O)C1CCNC1)c1ccc(Br)cc1.Cl. The van der Waals surface area contributed by atoms with Crippen LogP contribution in [0.25, 0.3) is 0 Å². The molecule has 1 unspecified atom stereocenters. The van der Waals surface area contributed by atoms with Gasteiger partial charge in [-0.2, -0.15) is 0 Å². The molecule has 0 aromatic heterocycles. The van der Waals surface area contributed by atoms with Crippen molar-refractivity contribution in [2.45, 2.75) is 25.7 Å². The topological polar surface area (TPSA) is 41.1 Å². The van der Waals surface area contributed by atoms with Gasteiger partial charge in [0.2, 0.25) is 5.91 Å². The molecule has 1 fully saturated rings. The zero-order valence-corrected chi connectivity index (χ0v) is 14.3. The fraction of sp³-hybridized carbons (Fsp3) is 0.533. The maximum absolute atomic E-state index is 12.0. The maximum atomic E-state index is 12.0. The summed E-state index contributed by atoms with van der Waals surface area (Å²) in [6.45, 7) is 6.75. The molecule has 5 heteroatoms. The minimum atomic E-state index is -0.0532. The number of carbonyl (C=O) groups is 1. The second-order valence-electron chi connectivity index (χ2n) is 5.80. The maximum Gasteiger partial charge on any atom is 0.224 e. The molecule has 1 aliphatic heterocycles. The zero-order valence-electron chi connectivity index (χ0n) is 11.9. The first-order chi connectivity index (χ1) is 8.99. The molecule has 20 heavy (non-hydrogen) atoms. The van der Waals surface area contributed by atoms with Crippen LogP contribution in [0, 0.1) is 5.92 Å². The van der Waals surface area contributed by atoms with E-state index in [-0.39, 0.29) is 29.6 Å². The van der Waals surface area contributed by atoms with Gasteiger partial charge in [0, 0.05) is 23.0 Å². The van der Waals surface area contributed by atoms with Crippen molar-refractivity contribution in [3.63, 3.8) is 0 Å². The molecule has 0 saturated carbocycles. The van der Waals surface area contributed by atoms with Crippen molar-refractivity contribution < 1.29 is 4.79 Å². The van der Waals surface area contributed by atoms with Crippen molar-refractivity contribution in [2.24, 2.45) is 5.92 Å². The summed E-state index contributed by atoms with van der Waals surface area (Å²) in [5.74, 6) is 0.316. The van der Waals surface area contributed by atoms with E-state index in [1.807, 2.05) is 12.1 Å². The lowest BCUT2D eigenvalue weighted by molar-refractivity contribution is -0.124. The van der Waals surface area contributed by atoms with Crippen molar-refractivity contribution in [3.05, 3.63) is 34.3 Å². The van der Waals surface area contributed by atoms with Crippen molar-refractivity contribution in [2.75, 3.05) is 19.6 Å². The van der Waals surface area contributed by atoms with Gasteiger partial charge in [0.25, 0.3) is 0 Å². The molecule has 1 aliphatic rings. The molecule has 1 aromatic carbocycles. The van der Waals surface area contributed by atoms with Gasteiger partial charge in [-0.1, -0.05) is 41.9 Å². The highest BCUT2D eigenvalue weighted by Gasteiger charge is 2.26. The Kier molecular flexibility index (Phi) is 6.49. The lowest BCUT2D eigenvalue weighted by Crippen LogP contribution is -2.40. The molecule has 112 valence electrons. The normalized spacial score (nSPS) is 18.4. The summed E-state index contributed by atoms with van der Waals surface area (Å²) >= 11 is 3.44. The number of rotatable bonds is 4. The first-order valence-electron chi connectivity index (χ1n) is 6.73. The Bertz CT molecular complexity index is 442. The van der Waals surface area contributed by atoms with E-state index in [2.05, 4.69) is 52.5 Å². The highest BCUT2D eigenvalue weighted by molar-refractivity contribution is 9.10. The third-order valence-electron chi connectivity index (χ3n) is 3.76. The lowest BCUT2D eigenvalue weighted by Gasteiger charge is -2.26. The van der Waals surface area contributed by atoms with Crippen LogP contribution in [0.3, 0.4) is 0 Å². The first-order valence-corrected chi connectivity index (χ1v) is 7.53. The first kappa shape index (κ1) is 17.5. The molecular formula is C15H22BrClN2O. The Hall–Kier alpha value is -0.580. The van der Waals surface area contributed by atoms with Crippen LogP contribution in [0.4, 0.5) is 0 Å². The molecule has 1 atom stereocenters. The van der Waals surface area contributed by atoms with E-state index >= 15 is 0 Å². The lowest BCUT2D eigenvalue weighted by atomic mass is 9.84. The molecule has 2 N–H and O–H groups in total. The minimum Gasteiger partial charge on any atom is -0.355 e. The van der Waals surface area contributed by atoms with Crippen LogP contribution in [-0.2, 0) is 10.2 Å². The average Bonchev–Trinajstić information content (AvgIpc) is 2.90. The molecule has 1 heterocycles. The van der Waals surface area contributed by atoms with E-state index in [9.17, 15) is 4.79 Å². The fourth-order valence-corrected chi connectivity index (χ4v) is 2.60. The molecule has 0 radical (unpaired) electrons. The van der Waals surface area contributed by atoms with Crippen LogP contribution >= 0.6 is 28.3 Å². The largest absolute Gasteiger partial charge is 0.355 e. The summed E-state index contributed by atoms with van der Waals surface area (Å²) < 4.78 is 1.08. The predicted molar refractivity (Wildman–Crippen MR) is 88.4 cm³/mol. The molecular weight excluding hydrogens is 340 g/mol. The second-order valence-corrected chi connectivity index (χ2v) is 6.71. The van der Waals surface area contributed by atoms with Gasteiger partial charge < -0.3 is 10.6 Å². The molecule has 0 bridgehead atoms. The summed E-state index contributed by atoms with van der Waals surface area (Å²) in [6, 6.07) is 8.29. The number of hydrogen-bond acceptors (Lipinski definition) is 2. The summed E-state index contributed by atoms with van der Waals surface area (Å²) in [6.07, 6.45) is 0.949. The Labute approximate surface area is 135 Å². The summed E-state index contributed by atoms with van der Waals surface area (Å²) in [7, 11) is 0. The van der Waals surface area contributed by atoms with E-state index in [0.29, 0.717) is 6.54 Å². The number of nitrogens with one attached hydrogen (secondary N) is 2. The highest BCUT2D eigenvalue weighted by Crippen LogP contribution is 2.24. The van der Waals surface area contributed by atoms with Gasteiger partial charge in [0.05, 0.1) is 5.92 Å². The molecule has 3 nitrogen and oxygen atoms in total. The summed E-state index contributed by atoms with van der Waals surface area (Å²) in [4.78, 5) is 12.0. The molecule has 2 rings (SSSR count). The molecule has 0 aliphatic carbocycles. The molecule has 1 saturated heterocycles. The Morgan fingerprint density at radius 2 is 2.05 bits per heavy atom. The molecule has 0 spiro atoms. The molecule has 1 aromatic rings. The fourth-order valence-electron chi connectivity index (χ4n) is 2.33. The number of hydrogen-bond donors (Lipinski definition) is 2. The van der Waals surface area contributed by atoms with Crippen molar-refractivity contribution in [1.29, 1.82) is 0 Å².